The molecule has 1 aliphatic carbocycles. The van der Waals surface area contributed by atoms with Crippen molar-refractivity contribution < 1.29 is 4.74 Å². The fourth-order valence-corrected chi connectivity index (χ4v) is 1.90. The highest BCUT2D eigenvalue weighted by Crippen LogP contribution is 2.32. The van der Waals surface area contributed by atoms with Crippen molar-refractivity contribution in [3.05, 3.63) is 28.8 Å². The summed E-state index contributed by atoms with van der Waals surface area (Å²) >= 11 is 5.94. The van der Waals surface area contributed by atoms with E-state index in [2.05, 4.69) is 0 Å². The summed E-state index contributed by atoms with van der Waals surface area (Å²) in [4.78, 5) is 0. The Morgan fingerprint density at radius 3 is 2.88 bits per heavy atom. The van der Waals surface area contributed by atoms with Crippen molar-refractivity contribution in [2.45, 2.75) is 32.2 Å². The molecule has 1 aromatic carbocycles. The Morgan fingerprint density at radius 1 is 1.50 bits per heavy atom. The van der Waals surface area contributed by atoms with Gasteiger partial charge in [0, 0.05) is 11.1 Å². The molecule has 0 radical (unpaired) electrons. The van der Waals surface area contributed by atoms with Crippen molar-refractivity contribution in [2.24, 2.45) is 11.7 Å². The highest BCUT2D eigenvalue weighted by atomic mass is 35.5. The van der Waals surface area contributed by atoms with Crippen LogP contribution in [0.4, 0.5) is 0 Å². The molecule has 2 nitrogen and oxygen atoms in total. The summed E-state index contributed by atoms with van der Waals surface area (Å²) < 4.78 is 5.65. The molecule has 1 atom stereocenters. The molecule has 0 saturated heterocycles. The molecule has 0 heterocycles. The Hall–Kier alpha value is -0.730. The molecule has 1 fully saturated rings. The van der Waals surface area contributed by atoms with Crippen LogP contribution >= 0.6 is 11.6 Å². The first-order valence-electron chi connectivity index (χ1n) is 5.81. The fraction of sp³-hybridized carbons (Fsp3) is 0.538. The van der Waals surface area contributed by atoms with E-state index >= 15 is 0 Å². The predicted molar refractivity (Wildman–Crippen MR) is 67.0 cm³/mol. The van der Waals surface area contributed by atoms with Crippen LogP contribution in [0.15, 0.2) is 18.2 Å². The average molecular weight is 240 g/mol. The van der Waals surface area contributed by atoms with Crippen LogP contribution < -0.4 is 10.5 Å². The van der Waals surface area contributed by atoms with Gasteiger partial charge in [-0.25, -0.2) is 0 Å². The van der Waals surface area contributed by atoms with Gasteiger partial charge in [0.15, 0.2) is 0 Å². The molecule has 0 spiro atoms. The molecule has 1 saturated carbocycles. The molecule has 0 aromatic heterocycles. The molecule has 1 unspecified atom stereocenters. The van der Waals surface area contributed by atoms with Crippen LogP contribution in [-0.4, -0.2) is 12.6 Å². The molecular formula is C13H18ClNO. The summed E-state index contributed by atoms with van der Waals surface area (Å²) in [5, 5.41) is 0.780. The summed E-state index contributed by atoms with van der Waals surface area (Å²) in [5.41, 5.74) is 7.04. The van der Waals surface area contributed by atoms with Crippen molar-refractivity contribution in [1.82, 2.24) is 0 Å². The lowest BCUT2D eigenvalue weighted by molar-refractivity contribution is 0.291. The first-order chi connectivity index (χ1) is 7.66. The Morgan fingerprint density at radius 2 is 2.25 bits per heavy atom. The number of benzene rings is 1. The van der Waals surface area contributed by atoms with Gasteiger partial charge in [0.1, 0.15) is 5.75 Å². The Bertz CT molecular complexity index is 363. The molecule has 0 bridgehead atoms. The topological polar surface area (TPSA) is 35.2 Å². The second-order valence-electron chi connectivity index (χ2n) is 4.55. The van der Waals surface area contributed by atoms with Gasteiger partial charge in [-0.2, -0.15) is 0 Å². The maximum Gasteiger partial charge on any atom is 0.119 e. The maximum absolute atomic E-state index is 6.00. The fourth-order valence-electron chi connectivity index (χ4n) is 1.78. The minimum Gasteiger partial charge on any atom is -0.494 e. The maximum atomic E-state index is 6.00. The standard InChI is InChI=1S/C13H18ClNO/c1-9-8-11(4-5-12(9)14)16-7-6-13(15)10-2-3-10/h4-5,8,10,13H,2-3,6-7,15H2,1H3. The molecule has 1 aliphatic rings. The first-order valence-corrected chi connectivity index (χ1v) is 6.19. The average Bonchev–Trinajstić information content (AvgIpc) is 3.07. The minimum atomic E-state index is 0.313. The van der Waals surface area contributed by atoms with Crippen LogP contribution in [0.2, 0.25) is 5.02 Å². The molecule has 1 aromatic rings. The quantitative estimate of drug-likeness (QED) is 0.857. The predicted octanol–water partition coefficient (Wildman–Crippen LogP) is 3.15. The zero-order chi connectivity index (χ0) is 11.5. The first kappa shape index (κ1) is 11.7. The molecule has 16 heavy (non-hydrogen) atoms. The number of rotatable bonds is 5. The van der Waals surface area contributed by atoms with Crippen molar-refractivity contribution in [2.75, 3.05) is 6.61 Å². The van der Waals surface area contributed by atoms with Crippen LogP contribution in [0.25, 0.3) is 0 Å². The van der Waals surface area contributed by atoms with Gasteiger partial charge in [-0.15, -0.1) is 0 Å². The van der Waals surface area contributed by atoms with E-state index in [9.17, 15) is 0 Å². The summed E-state index contributed by atoms with van der Waals surface area (Å²) in [5.74, 6) is 1.63. The largest absolute Gasteiger partial charge is 0.494 e. The number of ether oxygens (including phenoxy) is 1. The van der Waals surface area contributed by atoms with E-state index in [0.29, 0.717) is 12.6 Å². The highest BCUT2D eigenvalue weighted by molar-refractivity contribution is 6.31. The summed E-state index contributed by atoms with van der Waals surface area (Å²) in [7, 11) is 0. The van der Waals surface area contributed by atoms with Crippen molar-refractivity contribution in [1.29, 1.82) is 0 Å². The molecule has 2 rings (SSSR count). The number of nitrogens with two attached hydrogens (primary N) is 1. The van der Waals surface area contributed by atoms with Gasteiger partial charge >= 0.3 is 0 Å². The molecule has 88 valence electrons. The van der Waals surface area contributed by atoms with Gasteiger partial charge in [-0.05, 0) is 55.9 Å². The Labute approximate surface area is 102 Å². The van der Waals surface area contributed by atoms with Crippen LogP contribution in [0.5, 0.6) is 5.75 Å². The van der Waals surface area contributed by atoms with E-state index in [0.717, 1.165) is 28.7 Å². The lowest BCUT2D eigenvalue weighted by atomic mass is 10.1. The minimum absolute atomic E-state index is 0.313. The van der Waals surface area contributed by atoms with E-state index in [1.807, 2.05) is 25.1 Å². The molecule has 0 aliphatic heterocycles. The summed E-state index contributed by atoms with van der Waals surface area (Å²) in [6.45, 7) is 2.67. The van der Waals surface area contributed by atoms with Crippen LogP contribution in [0.1, 0.15) is 24.8 Å². The molecule has 2 N–H and O–H groups in total. The Balaban J connectivity index is 1.78. The third-order valence-electron chi connectivity index (χ3n) is 3.08. The molecule has 0 amide bonds. The lowest BCUT2D eigenvalue weighted by Gasteiger charge is -2.11. The van der Waals surface area contributed by atoms with E-state index in [-0.39, 0.29) is 0 Å². The third-order valence-corrected chi connectivity index (χ3v) is 3.50. The molecular weight excluding hydrogens is 222 g/mol. The summed E-state index contributed by atoms with van der Waals surface area (Å²) in [6.07, 6.45) is 3.52. The van der Waals surface area contributed by atoms with E-state index in [1.54, 1.807) is 0 Å². The summed E-state index contributed by atoms with van der Waals surface area (Å²) in [6, 6.07) is 6.05. The Kier molecular flexibility index (Phi) is 3.72. The molecule has 3 heteroatoms. The van der Waals surface area contributed by atoms with Crippen LogP contribution in [-0.2, 0) is 0 Å². The number of hydrogen-bond donors (Lipinski definition) is 1. The van der Waals surface area contributed by atoms with Gasteiger partial charge < -0.3 is 10.5 Å². The zero-order valence-corrected chi connectivity index (χ0v) is 10.3. The second-order valence-corrected chi connectivity index (χ2v) is 4.96. The van der Waals surface area contributed by atoms with E-state index < -0.39 is 0 Å². The van der Waals surface area contributed by atoms with E-state index in [4.69, 9.17) is 22.1 Å². The normalized spacial score (nSPS) is 17.2. The van der Waals surface area contributed by atoms with Gasteiger partial charge in [-0.3, -0.25) is 0 Å². The number of hydrogen-bond acceptors (Lipinski definition) is 2. The zero-order valence-electron chi connectivity index (χ0n) is 9.58. The van der Waals surface area contributed by atoms with Crippen molar-refractivity contribution in [3.63, 3.8) is 0 Å². The van der Waals surface area contributed by atoms with Gasteiger partial charge in [0.05, 0.1) is 6.61 Å². The van der Waals surface area contributed by atoms with Gasteiger partial charge in [0.25, 0.3) is 0 Å². The second kappa shape index (κ2) is 5.07. The highest BCUT2D eigenvalue weighted by Gasteiger charge is 2.27. The smallest absolute Gasteiger partial charge is 0.119 e. The SMILES string of the molecule is Cc1cc(OCCC(N)C2CC2)ccc1Cl. The number of halogens is 1. The van der Waals surface area contributed by atoms with Crippen molar-refractivity contribution in [3.8, 4) is 5.75 Å². The lowest BCUT2D eigenvalue weighted by Crippen LogP contribution is -2.24. The van der Waals surface area contributed by atoms with Crippen LogP contribution in [0.3, 0.4) is 0 Å². The van der Waals surface area contributed by atoms with Crippen molar-refractivity contribution >= 4 is 11.6 Å². The monoisotopic (exact) mass is 239 g/mol. The van der Waals surface area contributed by atoms with Gasteiger partial charge in [0.2, 0.25) is 0 Å². The number of aryl methyl sites for hydroxylation is 1. The van der Waals surface area contributed by atoms with Crippen LogP contribution in [0, 0.1) is 12.8 Å². The van der Waals surface area contributed by atoms with E-state index in [1.165, 1.54) is 12.8 Å². The van der Waals surface area contributed by atoms with Gasteiger partial charge in [-0.1, -0.05) is 11.6 Å². The third kappa shape index (κ3) is 3.13.